The van der Waals surface area contributed by atoms with Gasteiger partial charge in [-0.25, -0.2) is 4.98 Å². The zero-order chi connectivity index (χ0) is 21.6. The number of pyridine rings is 1. The molecule has 164 valence electrons. The largest absolute Gasteiger partial charge is 0.378 e. The molecule has 2 aromatic rings. The van der Waals surface area contributed by atoms with Crippen LogP contribution in [0.4, 0.5) is 11.5 Å². The molecule has 1 saturated carbocycles. The third-order valence-electron chi connectivity index (χ3n) is 5.75. The van der Waals surface area contributed by atoms with E-state index in [2.05, 4.69) is 15.6 Å². The maximum absolute atomic E-state index is 13.0. The number of morpholine rings is 1. The smallest absolute Gasteiger partial charge is 0.259 e. The predicted molar refractivity (Wildman–Crippen MR) is 121 cm³/mol. The van der Waals surface area contributed by atoms with Gasteiger partial charge in [0.2, 0.25) is 0 Å². The van der Waals surface area contributed by atoms with Crippen LogP contribution in [0.1, 0.15) is 52.8 Å². The van der Waals surface area contributed by atoms with E-state index in [0.29, 0.717) is 54.0 Å². The Morgan fingerprint density at radius 1 is 1.03 bits per heavy atom. The van der Waals surface area contributed by atoms with Crippen LogP contribution in [0, 0.1) is 0 Å². The number of aromatic nitrogens is 1. The van der Waals surface area contributed by atoms with Gasteiger partial charge < -0.3 is 20.3 Å². The minimum atomic E-state index is -0.282. The zero-order valence-electron chi connectivity index (χ0n) is 17.4. The molecule has 1 aromatic carbocycles. The molecule has 1 saturated heterocycles. The molecule has 7 nitrogen and oxygen atoms in total. The molecule has 0 radical (unpaired) electrons. The second kappa shape index (κ2) is 10.1. The molecule has 4 rings (SSSR count). The molecule has 2 aliphatic rings. The van der Waals surface area contributed by atoms with Crippen LogP contribution in [0.25, 0.3) is 0 Å². The standard InChI is InChI=1S/C23H27ClN4O3/c24-20-9-8-17(15-19(20)23(30)26-16-5-2-1-3-6-16)27-22(29)18-7-4-10-25-21(18)28-11-13-31-14-12-28/h4,7-10,15-16H,1-3,5-6,11-14H2,(H,26,30)(H,27,29). The zero-order valence-corrected chi connectivity index (χ0v) is 18.2. The van der Waals surface area contributed by atoms with Crippen molar-refractivity contribution in [1.82, 2.24) is 10.3 Å². The predicted octanol–water partition coefficient (Wildman–Crippen LogP) is 3.89. The molecular formula is C23H27ClN4O3. The second-order valence-corrected chi connectivity index (χ2v) is 8.34. The molecule has 31 heavy (non-hydrogen) atoms. The molecule has 1 aliphatic heterocycles. The summed E-state index contributed by atoms with van der Waals surface area (Å²) in [6.07, 6.45) is 7.14. The van der Waals surface area contributed by atoms with Gasteiger partial charge in [-0.3, -0.25) is 9.59 Å². The Balaban J connectivity index is 1.49. The molecule has 2 heterocycles. The number of nitrogens with one attached hydrogen (secondary N) is 2. The van der Waals surface area contributed by atoms with Crippen LogP contribution in [-0.4, -0.2) is 49.1 Å². The van der Waals surface area contributed by atoms with Gasteiger partial charge in [0, 0.05) is 31.0 Å². The average Bonchev–Trinajstić information content (AvgIpc) is 2.81. The highest BCUT2D eigenvalue weighted by Crippen LogP contribution is 2.24. The van der Waals surface area contributed by atoms with Crippen molar-refractivity contribution < 1.29 is 14.3 Å². The summed E-state index contributed by atoms with van der Waals surface area (Å²) in [5, 5.41) is 6.33. The van der Waals surface area contributed by atoms with Gasteiger partial charge in [0.25, 0.3) is 11.8 Å². The summed E-state index contributed by atoms with van der Waals surface area (Å²) in [6, 6.07) is 8.63. The third-order valence-corrected chi connectivity index (χ3v) is 6.08. The summed E-state index contributed by atoms with van der Waals surface area (Å²) in [6.45, 7) is 2.58. The van der Waals surface area contributed by atoms with Gasteiger partial charge >= 0.3 is 0 Å². The molecule has 0 bridgehead atoms. The van der Waals surface area contributed by atoms with E-state index in [9.17, 15) is 9.59 Å². The Hall–Kier alpha value is -2.64. The number of carbonyl (C=O) groups is 2. The van der Waals surface area contributed by atoms with Crippen molar-refractivity contribution in [3.05, 3.63) is 52.7 Å². The van der Waals surface area contributed by atoms with Gasteiger partial charge in [-0.2, -0.15) is 0 Å². The number of hydrogen-bond acceptors (Lipinski definition) is 5. The van der Waals surface area contributed by atoms with Gasteiger partial charge in [0.1, 0.15) is 5.82 Å². The fourth-order valence-electron chi connectivity index (χ4n) is 4.09. The topological polar surface area (TPSA) is 83.6 Å². The highest BCUT2D eigenvalue weighted by Gasteiger charge is 2.22. The Morgan fingerprint density at radius 3 is 2.58 bits per heavy atom. The lowest BCUT2D eigenvalue weighted by molar-refractivity contribution is 0.0926. The van der Waals surface area contributed by atoms with E-state index in [0.717, 1.165) is 25.7 Å². The number of hydrogen-bond donors (Lipinski definition) is 2. The summed E-state index contributed by atoms with van der Waals surface area (Å²) in [7, 11) is 0. The van der Waals surface area contributed by atoms with E-state index in [4.69, 9.17) is 16.3 Å². The van der Waals surface area contributed by atoms with Crippen molar-refractivity contribution in [2.24, 2.45) is 0 Å². The van der Waals surface area contributed by atoms with E-state index in [-0.39, 0.29) is 17.9 Å². The molecule has 0 unspecified atom stereocenters. The van der Waals surface area contributed by atoms with E-state index in [1.54, 1.807) is 36.5 Å². The highest BCUT2D eigenvalue weighted by atomic mass is 35.5. The number of benzene rings is 1. The van der Waals surface area contributed by atoms with Crippen LogP contribution in [0.2, 0.25) is 5.02 Å². The number of halogens is 1. The molecule has 1 aromatic heterocycles. The van der Waals surface area contributed by atoms with Crippen LogP contribution < -0.4 is 15.5 Å². The van der Waals surface area contributed by atoms with E-state index < -0.39 is 0 Å². The maximum atomic E-state index is 13.0. The van der Waals surface area contributed by atoms with Crippen LogP contribution in [0.3, 0.4) is 0 Å². The van der Waals surface area contributed by atoms with Crippen molar-refractivity contribution in [3.8, 4) is 0 Å². The van der Waals surface area contributed by atoms with Gasteiger partial charge in [-0.15, -0.1) is 0 Å². The van der Waals surface area contributed by atoms with Crippen molar-refractivity contribution in [1.29, 1.82) is 0 Å². The van der Waals surface area contributed by atoms with Crippen molar-refractivity contribution in [2.45, 2.75) is 38.1 Å². The monoisotopic (exact) mass is 442 g/mol. The van der Waals surface area contributed by atoms with Crippen LogP contribution in [-0.2, 0) is 4.74 Å². The number of carbonyl (C=O) groups excluding carboxylic acids is 2. The van der Waals surface area contributed by atoms with Gasteiger partial charge in [0.05, 0.1) is 29.4 Å². The summed E-state index contributed by atoms with van der Waals surface area (Å²) in [5.41, 5.74) is 1.36. The lowest BCUT2D eigenvalue weighted by Crippen LogP contribution is -2.38. The fraction of sp³-hybridized carbons (Fsp3) is 0.435. The first-order valence-electron chi connectivity index (χ1n) is 10.8. The highest BCUT2D eigenvalue weighted by molar-refractivity contribution is 6.34. The first-order chi connectivity index (χ1) is 15.1. The quantitative estimate of drug-likeness (QED) is 0.734. The number of ether oxygens (including phenoxy) is 1. The molecule has 2 amide bonds. The second-order valence-electron chi connectivity index (χ2n) is 7.93. The Labute approximate surface area is 187 Å². The minimum Gasteiger partial charge on any atom is -0.378 e. The van der Waals surface area contributed by atoms with Crippen molar-refractivity contribution in [3.63, 3.8) is 0 Å². The third kappa shape index (κ3) is 5.35. The summed E-state index contributed by atoms with van der Waals surface area (Å²) in [4.78, 5) is 32.2. The normalized spacial score (nSPS) is 17.3. The minimum absolute atomic E-state index is 0.182. The Kier molecular flexibility index (Phi) is 7.04. The van der Waals surface area contributed by atoms with Gasteiger partial charge in [-0.1, -0.05) is 30.9 Å². The van der Waals surface area contributed by atoms with Gasteiger partial charge in [-0.05, 0) is 43.2 Å². The summed E-state index contributed by atoms with van der Waals surface area (Å²) in [5.74, 6) is 0.145. The Bertz CT molecular complexity index is 940. The molecule has 1 aliphatic carbocycles. The Morgan fingerprint density at radius 2 is 1.81 bits per heavy atom. The fourth-order valence-corrected chi connectivity index (χ4v) is 4.29. The molecule has 0 spiro atoms. The molecule has 8 heteroatoms. The van der Waals surface area contributed by atoms with Crippen LogP contribution in [0.5, 0.6) is 0 Å². The number of amides is 2. The van der Waals surface area contributed by atoms with Gasteiger partial charge in [0.15, 0.2) is 0 Å². The maximum Gasteiger partial charge on any atom is 0.259 e. The summed E-state index contributed by atoms with van der Waals surface area (Å²) >= 11 is 6.29. The number of anilines is 2. The SMILES string of the molecule is O=C(NC1CCCCC1)c1cc(NC(=O)c2cccnc2N2CCOCC2)ccc1Cl. The molecule has 2 fully saturated rings. The van der Waals surface area contributed by atoms with E-state index in [1.807, 2.05) is 4.90 Å². The van der Waals surface area contributed by atoms with Crippen LogP contribution >= 0.6 is 11.6 Å². The lowest BCUT2D eigenvalue weighted by Gasteiger charge is -2.29. The van der Waals surface area contributed by atoms with Crippen molar-refractivity contribution in [2.75, 3.05) is 36.5 Å². The molecular weight excluding hydrogens is 416 g/mol. The first-order valence-corrected chi connectivity index (χ1v) is 11.2. The lowest BCUT2D eigenvalue weighted by atomic mass is 9.95. The number of nitrogens with zero attached hydrogens (tertiary/aromatic N) is 2. The van der Waals surface area contributed by atoms with Crippen molar-refractivity contribution >= 4 is 34.9 Å². The van der Waals surface area contributed by atoms with E-state index in [1.165, 1.54) is 6.42 Å². The summed E-state index contributed by atoms with van der Waals surface area (Å²) < 4.78 is 5.40. The molecule has 2 N–H and O–H groups in total. The first kappa shape index (κ1) is 21.6. The number of rotatable bonds is 5. The van der Waals surface area contributed by atoms with E-state index >= 15 is 0 Å². The molecule has 0 atom stereocenters. The van der Waals surface area contributed by atoms with Crippen LogP contribution in [0.15, 0.2) is 36.5 Å². The average molecular weight is 443 g/mol.